The average molecular weight is 511 g/mol. The minimum absolute atomic E-state index is 0. The maximum Gasteiger partial charge on any atom is 0.416 e. The second-order valence-corrected chi connectivity index (χ2v) is 5.83. The van der Waals surface area contributed by atoms with E-state index in [0.29, 0.717) is 32.0 Å². The van der Waals surface area contributed by atoms with Crippen molar-refractivity contribution in [3.05, 3.63) is 47.8 Å². The molecule has 3 N–H and O–H groups in total. The van der Waals surface area contributed by atoms with Crippen molar-refractivity contribution in [2.24, 2.45) is 4.99 Å². The molecule has 2 rings (SSSR count). The summed E-state index contributed by atoms with van der Waals surface area (Å²) in [6.07, 6.45) is -2.41. The van der Waals surface area contributed by atoms with Crippen molar-refractivity contribution in [1.29, 1.82) is 0 Å². The van der Waals surface area contributed by atoms with Gasteiger partial charge >= 0.3 is 6.18 Å². The van der Waals surface area contributed by atoms with E-state index in [1.54, 1.807) is 6.20 Å². The summed E-state index contributed by atoms with van der Waals surface area (Å²) in [6.45, 7) is 5.38. The Bertz CT molecular complexity index is 722. The zero-order chi connectivity index (χ0) is 19.7. The molecular weight excluding hydrogens is 486 g/mol. The number of aromatic nitrogens is 2. The van der Waals surface area contributed by atoms with Gasteiger partial charge in [0.1, 0.15) is 11.9 Å². The molecule has 0 amide bonds. The predicted molar refractivity (Wildman–Crippen MR) is 113 cm³/mol. The number of halogens is 4. The molecule has 10 heteroatoms. The number of aromatic amines is 1. The number of aliphatic imine (C=N–C) groups is 1. The Kier molecular flexibility index (Phi) is 10.1. The van der Waals surface area contributed by atoms with Crippen LogP contribution in [0.2, 0.25) is 0 Å². The fourth-order valence-electron chi connectivity index (χ4n) is 2.30. The van der Waals surface area contributed by atoms with Crippen LogP contribution in [0.1, 0.15) is 31.5 Å². The first-order valence-corrected chi connectivity index (χ1v) is 8.76. The van der Waals surface area contributed by atoms with Crippen LogP contribution in [0.4, 0.5) is 13.2 Å². The molecule has 1 aromatic carbocycles. The van der Waals surface area contributed by atoms with Crippen LogP contribution in [0.15, 0.2) is 41.5 Å². The van der Waals surface area contributed by atoms with Crippen LogP contribution >= 0.6 is 24.0 Å². The number of nitrogens with zero attached hydrogens (tertiary/aromatic N) is 2. The van der Waals surface area contributed by atoms with Crippen molar-refractivity contribution in [2.75, 3.05) is 13.1 Å². The maximum atomic E-state index is 12.8. The predicted octanol–water partition coefficient (Wildman–Crippen LogP) is 3.96. The summed E-state index contributed by atoms with van der Waals surface area (Å²) in [6, 6.07) is 6.74. The number of rotatable bonds is 8. The Labute approximate surface area is 179 Å². The summed E-state index contributed by atoms with van der Waals surface area (Å²) in [5, 5.41) is 13.0. The number of alkyl halides is 3. The van der Waals surface area contributed by atoms with Gasteiger partial charge in [0, 0.05) is 12.7 Å². The zero-order valence-corrected chi connectivity index (χ0v) is 18.0. The molecule has 156 valence electrons. The number of benzene rings is 1. The van der Waals surface area contributed by atoms with E-state index in [9.17, 15) is 13.2 Å². The molecule has 2 aromatic rings. The molecule has 0 bridgehead atoms. The molecule has 0 saturated heterocycles. The van der Waals surface area contributed by atoms with Crippen LogP contribution in [-0.4, -0.2) is 35.4 Å². The van der Waals surface area contributed by atoms with Gasteiger partial charge in [0.15, 0.2) is 5.96 Å². The molecule has 1 unspecified atom stereocenters. The van der Waals surface area contributed by atoms with E-state index in [1.807, 2.05) is 19.9 Å². The molecule has 0 fully saturated rings. The highest BCUT2D eigenvalue weighted by atomic mass is 127. The summed E-state index contributed by atoms with van der Waals surface area (Å²) in [5.41, 5.74) is 0.150. The quantitative estimate of drug-likeness (QED) is 0.285. The van der Waals surface area contributed by atoms with Crippen molar-refractivity contribution >= 4 is 29.9 Å². The van der Waals surface area contributed by atoms with Crippen molar-refractivity contribution in [3.8, 4) is 5.75 Å². The highest BCUT2D eigenvalue weighted by Gasteiger charge is 2.30. The van der Waals surface area contributed by atoms with Crippen molar-refractivity contribution in [3.63, 3.8) is 0 Å². The van der Waals surface area contributed by atoms with E-state index in [2.05, 4.69) is 25.8 Å². The molecule has 0 aliphatic heterocycles. The van der Waals surface area contributed by atoms with Gasteiger partial charge in [0.05, 0.1) is 24.3 Å². The van der Waals surface area contributed by atoms with Crippen LogP contribution in [0.5, 0.6) is 5.75 Å². The fraction of sp³-hybridized carbons (Fsp3) is 0.444. The van der Waals surface area contributed by atoms with E-state index in [1.165, 1.54) is 12.1 Å². The van der Waals surface area contributed by atoms with Crippen molar-refractivity contribution in [1.82, 2.24) is 20.8 Å². The largest absolute Gasteiger partial charge is 0.489 e. The SMILES string of the molecule is CCNC(=NCc1ccn[nH]1)NCC(CC)Oc1cccc(C(F)(F)F)c1.I. The summed E-state index contributed by atoms with van der Waals surface area (Å²) in [4.78, 5) is 4.43. The van der Waals surface area contributed by atoms with E-state index < -0.39 is 11.7 Å². The first-order valence-electron chi connectivity index (χ1n) is 8.76. The third kappa shape index (κ3) is 7.95. The minimum Gasteiger partial charge on any atom is -0.489 e. The summed E-state index contributed by atoms with van der Waals surface area (Å²) in [5.74, 6) is 0.788. The molecule has 0 radical (unpaired) electrons. The van der Waals surface area contributed by atoms with Crippen LogP contribution in [0.3, 0.4) is 0 Å². The Morgan fingerprint density at radius 2 is 2.04 bits per heavy atom. The van der Waals surface area contributed by atoms with Gasteiger partial charge in [0.2, 0.25) is 0 Å². The Hall–Kier alpha value is -1.98. The normalized spacial score (nSPS) is 12.8. The molecule has 0 aliphatic rings. The van der Waals surface area contributed by atoms with Gasteiger partial charge < -0.3 is 15.4 Å². The van der Waals surface area contributed by atoms with Gasteiger partial charge in [-0.15, -0.1) is 24.0 Å². The third-order valence-corrected chi connectivity index (χ3v) is 3.73. The van der Waals surface area contributed by atoms with E-state index >= 15 is 0 Å². The van der Waals surface area contributed by atoms with Gasteiger partial charge in [0.25, 0.3) is 0 Å². The minimum atomic E-state index is -4.39. The number of ether oxygens (including phenoxy) is 1. The Morgan fingerprint density at radius 1 is 1.25 bits per heavy atom. The Balaban J connectivity index is 0.00000392. The second-order valence-electron chi connectivity index (χ2n) is 5.83. The summed E-state index contributed by atoms with van der Waals surface area (Å²) < 4.78 is 44.2. The number of nitrogens with one attached hydrogen (secondary N) is 3. The first kappa shape index (κ1) is 24.1. The molecule has 1 atom stereocenters. The van der Waals surface area contributed by atoms with Crippen molar-refractivity contribution in [2.45, 2.75) is 39.1 Å². The summed E-state index contributed by atoms with van der Waals surface area (Å²) in [7, 11) is 0. The van der Waals surface area contributed by atoms with Gasteiger partial charge in [-0.3, -0.25) is 5.10 Å². The number of H-pyrrole nitrogens is 1. The van der Waals surface area contributed by atoms with Crippen LogP contribution < -0.4 is 15.4 Å². The standard InChI is InChI=1S/C18H24F3N5O.HI/c1-3-15(27-16-7-5-6-13(10-16)18(19,20)21)12-24-17(22-4-2)23-11-14-8-9-25-26-14;/h5-10,15H,3-4,11-12H2,1-2H3,(H,25,26)(H2,22,23,24);1H. The Morgan fingerprint density at radius 3 is 2.64 bits per heavy atom. The number of guanidine groups is 1. The zero-order valence-electron chi connectivity index (χ0n) is 15.7. The monoisotopic (exact) mass is 511 g/mol. The molecule has 1 heterocycles. The fourth-order valence-corrected chi connectivity index (χ4v) is 2.30. The lowest BCUT2D eigenvalue weighted by Crippen LogP contribution is -2.42. The van der Waals surface area contributed by atoms with Crippen LogP contribution in [0, 0.1) is 0 Å². The molecule has 0 aliphatic carbocycles. The molecule has 6 nitrogen and oxygen atoms in total. The summed E-state index contributed by atoms with van der Waals surface area (Å²) >= 11 is 0. The second kappa shape index (κ2) is 11.8. The van der Waals surface area contributed by atoms with Crippen LogP contribution in [-0.2, 0) is 12.7 Å². The topological polar surface area (TPSA) is 74.3 Å². The first-order chi connectivity index (χ1) is 12.9. The number of hydrogen-bond donors (Lipinski definition) is 3. The number of hydrogen-bond acceptors (Lipinski definition) is 3. The highest BCUT2D eigenvalue weighted by molar-refractivity contribution is 14.0. The molecule has 0 saturated carbocycles. The van der Waals surface area contributed by atoms with Crippen LogP contribution in [0.25, 0.3) is 0 Å². The van der Waals surface area contributed by atoms with E-state index in [0.717, 1.165) is 17.8 Å². The lowest BCUT2D eigenvalue weighted by atomic mass is 10.2. The van der Waals surface area contributed by atoms with Gasteiger partial charge in [-0.2, -0.15) is 18.3 Å². The molecular formula is C18H25F3IN5O. The van der Waals surface area contributed by atoms with Gasteiger partial charge in [-0.1, -0.05) is 13.0 Å². The molecule has 28 heavy (non-hydrogen) atoms. The van der Waals surface area contributed by atoms with E-state index in [4.69, 9.17) is 4.74 Å². The molecule has 1 aromatic heterocycles. The third-order valence-electron chi connectivity index (χ3n) is 3.73. The lowest BCUT2D eigenvalue weighted by Gasteiger charge is -2.20. The van der Waals surface area contributed by atoms with Gasteiger partial charge in [-0.05, 0) is 37.6 Å². The average Bonchev–Trinajstić information content (AvgIpc) is 3.16. The lowest BCUT2D eigenvalue weighted by molar-refractivity contribution is -0.137. The molecule has 0 spiro atoms. The smallest absolute Gasteiger partial charge is 0.416 e. The van der Waals surface area contributed by atoms with Crippen molar-refractivity contribution < 1.29 is 17.9 Å². The van der Waals surface area contributed by atoms with Gasteiger partial charge in [-0.25, -0.2) is 4.99 Å². The van der Waals surface area contributed by atoms with E-state index in [-0.39, 0.29) is 35.8 Å². The highest BCUT2D eigenvalue weighted by Crippen LogP contribution is 2.31. The maximum absolute atomic E-state index is 12.8.